The Morgan fingerprint density at radius 2 is 1.85 bits per heavy atom. The summed E-state index contributed by atoms with van der Waals surface area (Å²) in [7, 11) is 0. The zero-order chi connectivity index (χ0) is 19.8. The first-order valence-corrected chi connectivity index (χ1v) is 10.4. The van der Waals surface area contributed by atoms with Crippen LogP contribution in [0.15, 0.2) is 47.4 Å². The van der Waals surface area contributed by atoms with Crippen LogP contribution in [-0.4, -0.2) is 17.1 Å². The molecule has 144 valence electrons. The van der Waals surface area contributed by atoms with Gasteiger partial charge in [0.05, 0.1) is 16.0 Å². The third kappa shape index (κ3) is 6.76. The molecule has 0 spiro atoms. The van der Waals surface area contributed by atoms with Crippen LogP contribution in [0, 0.1) is 0 Å². The van der Waals surface area contributed by atoms with Gasteiger partial charge in [-0.05, 0) is 49.2 Å². The molecule has 1 atom stereocenters. The van der Waals surface area contributed by atoms with Crippen molar-refractivity contribution in [3.8, 4) is 0 Å². The summed E-state index contributed by atoms with van der Waals surface area (Å²) < 4.78 is 0. The van der Waals surface area contributed by atoms with Gasteiger partial charge in [0.1, 0.15) is 0 Å². The van der Waals surface area contributed by atoms with Crippen LogP contribution >= 0.6 is 35.0 Å². The zero-order valence-corrected chi connectivity index (χ0v) is 17.5. The monoisotopic (exact) mass is 424 g/mol. The topological polar surface area (TPSA) is 58.2 Å². The lowest BCUT2D eigenvalue weighted by Gasteiger charge is -2.16. The molecule has 1 unspecified atom stereocenters. The van der Waals surface area contributed by atoms with E-state index in [4.69, 9.17) is 23.2 Å². The third-order valence-corrected chi connectivity index (χ3v) is 5.63. The van der Waals surface area contributed by atoms with Gasteiger partial charge in [0, 0.05) is 22.0 Å². The summed E-state index contributed by atoms with van der Waals surface area (Å²) in [6, 6.07) is 12.5. The van der Waals surface area contributed by atoms with E-state index in [-0.39, 0.29) is 17.1 Å². The summed E-state index contributed by atoms with van der Waals surface area (Å²) in [5.74, 6) is -0.144. The molecule has 0 saturated carbocycles. The molecule has 0 heterocycles. The maximum Gasteiger partial charge on any atom is 0.237 e. The second-order valence-corrected chi connectivity index (χ2v) is 8.07. The van der Waals surface area contributed by atoms with Crippen molar-refractivity contribution in [2.75, 3.05) is 10.6 Å². The van der Waals surface area contributed by atoms with Gasteiger partial charge in [0.15, 0.2) is 0 Å². The second kappa shape index (κ2) is 10.6. The van der Waals surface area contributed by atoms with Crippen LogP contribution in [0.1, 0.15) is 33.1 Å². The molecule has 0 fully saturated rings. The number of benzene rings is 2. The van der Waals surface area contributed by atoms with E-state index in [1.165, 1.54) is 11.8 Å². The number of thioether (sulfide) groups is 1. The molecule has 2 N–H and O–H groups in total. The zero-order valence-electron chi connectivity index (χ0n) is 15.2. The van der Waals surface area contributed by atoms with Gasteiger partial charge in [-0.3, -0.25) is 9.59 Å². The fourth-order valence-corrected chi connectivity index (χ4v) is 3.86. The average Bonchev–Trinajstić information content (AvgIpc) is 2.62. The van der Waals surface area contributed by atoms with Crippen molar-refractivity contribution in [2.45, 2.75) is 43.3 Å². The highest BCUT2D eigenvalue weighted by Crippen LogP contribution is 2.30. The SMILES string of the molecule is CCCC(=O)Nc1cccc(SC(CC)C(=O)Nc2ccc(Cl)cc2Cl)c1. The minimum atomic E-state index is -0.293. The predicted octanol–water partition coefficient (Wildman–Crippen LogP) is 6.24. The maximum atomic E-state index is 12.6. The van der Waals surface area contributed by atoms with E-state index in [9.17, 15) is 9.59 Å². The first kappa shape index (κ1) is 21.6. The summed E-state index contributed by atoms with van der Waals surface area (Å²) in [4.78, 5) is 25.3. The quantitative estimate of drug-likeness (QED) is 0.492. The van der Waals surface area contributed by atoms with Crippen LogP contribution in [0.4, 0.5) is 11.4 Å². The molecule has 4 nitrogen and oxygen atoms in total. The van der Waals surface area contributed by atoms with Crippen molar-refractivity contribution < 1.29 is 9.59 Å². The molecule has 0 aliphatic rings. The lowest BCUT2D eigenvalue weighted by Crippen LogP contribution is -2.24. The van der Waals surface area contributed by atoms with Gasteiger partial charge in [-0.1, -0.05) is 43.1 Å². The molecule has 0 aliphatic heterocycles. The molecule has 2 aromatic carbocycles. The van der Waals surface area contributed by atoms with E-state index in [1.807, 2.05) is 38.1 Å². The van der Waals surface area contributed by atoms with Crippen molar-refractivity contribution in [1.29, 1.82) is 0 Å². The first-order chi connectivity index (χ1) is 12.9. The molecule has 0 bridgehead atoms. The molecular weight excluding hydrogens is 403 g/mol. The van der Waals surface area contributed by atoms with Gasteiger partial charge in [0.25, 0.3) is 0 Å². The van der Waals surface area contributed by atoms with Crippen molar-refractivity contribution in [2.24, 2.45) is 0 Å². The molecule has 0 saturated heterocycles. The summed E-state index contributed by atoms with van der Waals surface area (Å²) in [5, 5.41) is 6.35. The minimum Gasteiger partial charge on any atom is -0.326 e. The van der Waals surface area contributed by atoms with E-state index in [0.717, 1.165) is 17.0 Å². The average molecular weight is 425 g/mol. The molecular formula is C20H22Cl2N2O2S. The van der Waals surface area contributed by atoms with Crippen LogP contribution in [-0.2, 0) is 9.59 Å². The first-order valence-electron chi connectivity index (χ1n) is 8.75. The Hall–Kier alpha value is -1.69. The highest BCUT2D eigenvalue weighted by Gasteiger charge is 2.19. The molecule has 0 aromatic heterocycles. The van der Waals surface area contributed by atoms with Crippen molar-refractivity contribution in [3.05, 3.63) is 52.5 Å². The molecule has 0 aliphatic carbocycles. The van der Waals surface area contributed by atoms with Gasteiger partial charge < -0.3 is 10.6 Å². The number of rotatable bonds is 8. The Balaban J connectivity index is 2.05. The van der Waals surface area contributed by atoms with E-state index >= 15 is 0 Å². The van der Waals surface area contributed by atoms with Crippen LogP contribution in [0.25, 0.3) is 0 Å². The van der Waals surface area contributed by atoms with Crippen LogP contribution < -0.4 is 10.6 Å². The largest absolute Gasteiger partial charge is 0.326 e. The molecule has 27 heavy (non-hydrogen) atoms. The van der Waals surface area contributed by atoms with Crippen molar-refractivity contribution in [3.63, 3.8) is 0 Å². The summed E-state index contributed by atoms with van der Waals surface area (Å²) in [6.45, 7) is 3.91. The van der Waals surface area contributed by atoms with Gasteiger partial charge in [-0.15, -0.1) is 11.8 Å². The number of hydrogen-bond acceptors (Lipinski definition) is 3. The van der Waals surface area contributed by atoms with Gasteiger partial charge in [0.2, 0.25) is 11.8 Å². The Kier molecular flexibility index (Phi) is 8.48. The summed E-state index contributed by atoms with van der Waals surface area (Å²) in [6.07, 6.45) is 1.93. The van der Waals surface area contributed by atoms with Crippen molar-refractivity contribution >= 4 is 58.2 Å². The maximum absolute atomic E-state index is 12.6. The Morgan fingerprint density at radius 3 is 2.52 bits per heavy atom. The molecule has 0 radical (unpaired) electrons. The third-order valence-electron chi connectivity index (χ3n) is 3.73. The number of halogens is 2. The highest BCUT2D eigenvalue weighted by atomic mass is 35.5. The standard InChI is InChI=1S/C20H22Cl2N2O2S/c1-3-6-19(25)23-14-7-5-8-15(12-14)27-18(4-2)20(26)24-17-10-9-13(21)11-16(17)22/h5,7-12,18H,3-4,6H2,1-2H3,(H,23,25)(H,24,26). The normalized spacial score (nSPS) is 11.7. The number of hydrogen-bond donors (Lipinski definition) is 2. The van der Waals surface area contributed by atoms with Gasteiger partial charge in [-0.2, -0.15) is 0 Å². The van der Waals surface area contributed by atoms with Gasteiger partial charge in [-0.25, -0.2) is 0 Å². The van der Waals surface area contributed by atoms with Gasteiger partial charge >= 0.3 is 0 Å². The summed E-state index contributed by atoms with van der Waals surface area (Å²) in [5.41, 5.74) is 1.26. The second-order valence-electron chi connectivity index (χ2n) is 5.95. The number of nitrogens with one attached hydrogen (secondary N) is 2. The number of carbonyl (C=O) groups excluding carboxylic acids is 2. The van der Waals surface area contributed by atoms with Crippen molar-refractivity contribution in [1.82, 2.24) is 0 Å². The lowest BCUT2D eigenvalue weighted by atomic mass is 10.2. The highest BCUT2D eigenvalue weighted by molar-refractivity contribution is 8.00. The number of carbonyl (C=O) groups is 2. The van der Waals surface area contributed by atoms with Crippen LogP contribution in [0.3, 0.4) is 0 Å². The van der Waals surface area contributed by atoms with E-state index < -0.39 is 0 Å². The summed E-state index contributed by atoms with van der Waals surface area (Å²) >= 11 is 13.5. The van der Waals surface area contributed by atoms with E-state index in [1.54, 1.807) is 18.2 Å². The molecule has 2 rings (SSSR count). The predicted molar refractivity (Wildman–Crippen MR) is 115 cm³/mol. The van der Waals surface area contributed by atoms with Crippen LogP contribution in [0.5, 0.6) is 0 Å². The Morgan fingerprint density at radius 1 is 1.07 bits per heavy atom. The smallest absolute Gasteiger partial charge is 0.237 e. The van der Waals surface area contributed by atoms with E-state index in [0.29, 0.717) is 28.6 Å². The fourth-order valence-electron chi connectivity index (χ4n) is 2.39. The minimum absolute atomic E-state index is 0.0122. The van der Waals surface area contributed by atoms with Crippen LogP contribution in [0.2, 0.25) is 10.0 Å². The molecule has 2 amide bonds. The molecule has 7 heteroatoms. The number of amides is 2. The van der Waals surface area contributed by atoms with E-state index in [2.05, 4.69) is 10.6 Å². The Labute approximate surface area is 174 Å². The fraction of sp³-hybridized carbons (Fsp3) is 0.300. The molecule has 2 aromatic rings. The Bertz CT molecular complexity index is 814. The lowest BCUT2D eigenvalue weighted by molar-refractivity contribution is -0.116. The number of anilines is 2.